The first kappa shape index (κ1) is 17.3. The molecule has 7 nitrogen and oxygen atoms in total. The molecule has 2 aromatic heterocycles. The van der Waals surface area contributed by atoms with Gasteiger partial charge in [0.1, 0.15) is 0 Å². The highest BCUT2D eigenvalue weighted by Crippen LogP contribution is 2.30. The summed E-state index contributed by atoms with van der Waals surface area (Å²) in [6, 6.07) is 17.9. The zero-order valence-corrected chi connectivity index (χ0v) is 15.3. The Kier molecular flexibility index (Phi) is 4.91. The van der Waals surface area contributed by atoms with Crippen molar-refractivity contribution in [3.8, 4) is 11.4 Å². The molecule has 27 heavy (non-hydrogen) atoms. The molecule has 0 saturated carbocycles. The average molecular weight is 398 g/mol. The fourth-order valence-electron chi connectivity index (χ4n) is 2.33. The maximum Gasteiger partial charge on any atom is 0.291 e. The number of benzene rings is 2. The molecule has 0 unspecified atom stereocenters. The number of aromatic amines is 1. The van der Waals surface area contributed by atoms with Crippen molar-refractivity contribution < 1.29 is 9.21 Å². The van der Waals surface area contributed by atoms with Gasteiger partial charge in [-0.2, -0.15) is 5.21 Å². The number of carbonyl (C=O) groups excluding carboxylic acids is 1. The summed E-state index contributed by atoms with van der Waals surface area (Å²) in [7, 11) is 0. The number of nitrogens with zero attached hydrogens (tertiary/aromatic N) is 3. The average Bonchev–Trinajstić information content (AvgIpc) is 3.36. The first-order valence-electron chi connectivity index (χ1n) is 7.86. The number of furan rings is 1. The summed E-state index contributed by atoms with van der Waals surface area (Å²) in [4.78, 5) is 13.4. The van der Waals surface area contributed by atoms with Gasteiger partial charge in [-0.15, -0.1) is 10.2 Å². The number of hydrogen-bond acceptors (Lipinski definition) is 6. The van der Waals surface area contributed by atoms with Gasteiger partial charge in [0.25, 0.3) is 5.91 Å². The van der Waals surface area contributed by atoms with Crippen LogP contribution in [-0.2, 0) is 0 Å². The molecule has 2 N–H and O–H groups in total. The van der Waals surface area contributed by atoms with Crippen LogP contribution in [-0.4, -0.2) is 26.5 Å². The van der Waals surface area contributed by atoms with Crippen LogP contribution in [0.4, 0.5) is 5.69 Å². The highest BCUT2D eigenvalue weighted by atomic mass is 35.5. The molecule has 1 amide bonds. The van der Waals surface area contributed by atoms with Crippen LogP contribution >= 0.6 is 23.4 Å². The van der Waals surface area contributed by atoms with Crippen LogP contribution in [0.2, 0.25) is 5.02 Å². The molecule has 0 bridgehead atoms. The summed E-state index contributed by atoms with van der Waals surface area (Å²) in [5.41, 5.74) is 1.34. The second-order valence-corrected chi connectivity index (χ2v) is 6.96. The number of anilines is 1. The first-order chi connectivity index (χ1) is 13.2. The van der Waals surface area contributed by atoms with Gasteiger partial charge in [0.15, 0.2) is 10.9 Å². The minimum atomic E-state index is -0.344. The van der Waals surface area contributed by atoms with Crippen molar-refractivity contribution in [1.82, 2.24) is 20.6 Å². The number of tetrazole rings is 1. The SMILES string of the molecule is O=C(Nc1cccc(-c2nn[nH]n2)c1)c1ccc(Sc2ccc(Cl)cc2)o1. The van der Waals surface area contributed by atoms with Gasteiger partial charge in [-0.25, -0.2) is 0 Å². The van der Waals surface area contributed by atoms with Gasteiger partial charge in [-0.1, -0.05) is 35.5 Å². The van der Waals surface area contributed by atoms with Gasteiger partial charge < -0.3 is 9.73 Å². The summed E-state index contributed by atoms with van der Waals surface area (Å²) in [6.45, 7) is 0. The van der Waals surface area contributed by atoms with Gasteiger partial charge >= 0.3 is 0 Å². The summed E-state index contributed by atoms with van der Waals surface area (Å²) in [5, 5.41) is 17.9. The third-order valence-electron chi connectivity index (χ3n) is 3.56. The van der Waals surface area contributed by atoms with Crippen molar-refractivity contribution in [1.29, 1.82) is 0 Å². The third-order valence-corrected chi connectivity index (χ3v) is 4.74. The van der Waals surface area contributed by atoms with Crippen LogP contribution in [0.5, 0.6) is 0 Å². The zero-order valence-electron chi connectivity index (χ0n) is 13.7. The number of amides is 1. The first-order valence-corrected chi connectivity index (χ1v) is 9.05. The van der Waals surface area contributed by atoms with Gasteiger partial charge in [0.05, 0.1) is 0 Å². The molecule has 0 aliphatic carbocycles. The smallest absolute Gasteiger partial charge is 0.291 e. The molecule has 2 heterocycles. The standard InChI is InChI=1S/C18H12ClN5O2S/c19-12-4-6-14(7-5-12)27-16-9-8-15(26-16)18(25)20-13-3-1-2-11(10-13)17-21-23-24-22-17/h1-10H,(H,20,25)(H,21,22,23,24). The van der Waals surface area contributed by atoms with Crippen molar-refractivity contribution in [2.45, 2.75) is 9.99 Å². The second-order valence-electron chi connectivity index (χ2n) is 5.45. The lowest BCUT2D eigenvalue weighted by atomic mass is 10.2. The minimum absolute atomic E-state index is 0.219. The highest BCUT2D eigenvalue weighted by molar-refractivity contribution is 7.99. The van der Waals surface area contributed by atoms with Crippen LogP contribution < -0.4 is 5.32 Å². The highest BCUT2D eigenvalue weighted by Gasteiger charge is 2.13. The number of nitrogens with one attached hydrogen (secondary N) is 2. The Morgan fingerprint density at radius 1 is 1.11 bits per heavy atom. The quantitative estimate of drug-likeness (QED) is 0.514. The Labute approximate surface area is 163 Å². The fourth-order valence-corrected chi connectivity index (χ4v) is 3.23. The van der Waals surface area contributed by atoms with Crippen LogP contribution in [0.25, 0.3) is 11.4 Å². The maximum atomic E-state index is 12.4. The Bertz CT molecular complexity index is 1060. The lowest BCUT2D eigenvalue weighted by Gasteiger charge is -2.04. The van der Waals surface area contributed by atoms with Crippen LogP contribution in [0.1, 0.15) is 10.6 Å². The Hall–Kier alpha value is -3.10. The van der Waals surface area contributed by atoms with Gasteiger partial charge in [0, 0.05) is 21.2 Å². The number of H-pyrrole nitrogens is 1. The van der Waals surface area contributed by atoms with Crippen molar-refractivity contribution in [2.75, 3.05) is 5.32 Å². The predicted molar refractivity (Wildman–Crippen MR) is 102 cm³/mol. The largest absolute Gasteiger partial charge is 0.444 e. The van der Waals surface area contributed by atoms with E-state index in [0.29, 0.717) is 21.6 Å². The summed E-state index contributed by atoms with van der Waals surface area (Å²) < 4.78 is 5.63. The van der Waals surface area contributed by atoms with E-state index in [2.05, 4.69) is 25.9 Å². The Morgan fingerprint density at radius 2 is 1.96 bits per heavy atom. The lowest BCUT2D eigenvalue weighted by Crippen LogP contribution is -2.10. The molecule has 134 valence electrons. The molecule has 0 radical (unpaired) electrons. The van der Waals surface area contributed by atoms with E-state index in [1.54, 1.807) is 42.5 Å². The fraction of sp³-hybridized carbons (Fsp3) is 0. The van der Waals surface area contributed by atoms with Crippen molar-refractivity contribution in [2.24, 2.45) is 0 Å². The Morgan fingerprint density at radius 3 is 2.74 bits per heavy atom. The topological polar surface area (TPSA) is 96.7 Å². The van der Waals surface area contributed by atoms with E-state index in [-0.39, 0.29) is 11.7 Å². The maximum absolute atomic E-state index is 12.4. The number of rotatable bonds is 5. The Balaban J connectivity index is 1.45. The van der Waals surface area contributed by atoms with E-state index in [9.17, 15) is 4.79 Å². The van der Waals surface area contributed by atoms with Crippen LogP contribution in [0, 0.1) is 0 Å². The number of carbonyl (C=O) groups is 1. The molecule has 0 aliphatic rings. The molecule has 0 aliphatic heterocycles. The van der Waals surface area contributed by atoms with Crippen LogP contribution in [0.15, 0.2) is 75.1 Å². The normalized spacial score (nSPS) is 10.7. The minimum Gasteiger partial charge on any atom is -0.444 e. The lowest BCUT2D eigenvalue weighted by molar-refractivity contribution is 0.0992. The van der Waals surface area contributed by atoms with E-state index in [1.807, 2.05) is 18.2 Å². The molecule has 0 atom stereocenters. The third kappa shape index (κ3) is 4.18. The zero-order chi connectivity index (χ0) is 18.6. The van der Waals surface area contributed by atoms with E-state index in [1.165, 1.54) is 11.8 Å². The van der Waals surface area contributed by atoms with Crippen molar-refractivity contribution in [3.05, 3.63) is 71.4 Å². The number of aromatic nitrogens is 4. The molecular weight excluding hydrogens is 386 g/mol. The number of halogens is 1. The summed E-state index contributed by atoms with van der Waals surface area (Å²) in [6.07, 6.45) is 0. The van der Waals surface area contributed by atoms with Crippen molar-refractivity contribution >= 4 is 35.0 Å². The van der Waals surface area contributed by atoms with Gasteiger partial charge in [0.2, 0.25) is 5.82 Å². The molecule has 2 aromatic carbocycles. The van der Waals surface area contributed by atoms with E-state index in [4.69, 9.17) is 16.0 Å². The number of hydrogen-bond donors (Lipinski definition) is 2. The van der Waals surface area contributed by atoms with Gasteiger partial charge in [-0.05, 0) is 53.7 Å². The molecule has 4 aromatic rings. The summed E-state index contributed by atoms with van der Waals surface area (Å²) in [5.74, 6) is 0.324. The molecular formula is C18H12ClN5O2S. The molecule has 0 saturated heterocycles. The van der Waals surface area contributed by atoms with E-state index < -0.39 is 0 Å². The van der Waals surface area contributed by atoms with E-state index in [0.717, 1.165) is 10.5 Å². The monoisotopic (exact) mass is 397 g/mol. The van der Waals surface area contributed by atoms with Gasteiger partial charge in [-0.3, -0.25) is 4.79 Å². The van der Waals surface area contributed by atoms with Crippen LogP contribution in [0.3, 0.4) is 0 Å². The van der Waals surface area contributed by atoms with Crippen molar-refractivity contribution in [3.63, 3.8) is 0 Å². The molecule has 0 spiro atoms. The van der Waals surface area contributed by atoms with E-state index >= 15 is 0 Å². The molecule has 0 fully saturated rings. The second kappa shape index (κ2) is 7.65. The predicted octanol–water partition coefficient (Wildman–Crippen LogP) is 4.52. The summed E-state index contributed by atoms with van der Waals surface area (Å²) >= 11 is 7.29. The molecule has 4 rings (SSSR count). The molecule has 9 heteroatoms.